The van der Waals surface area contributed by atoms with E-state index in [1.807, 2.05) is 18.2 Å². The van der Waals surface area contributed by atoms with Crippen LogP contribution in [0.4, 0.5) is 0 Å². The fourth-order valence-corrected chi connectivity index (χ4v) is 12.3. The maximum absolute atomic E-state index is 13.0. The number of allylic oxidation sites excluding steroid dienone is 8. The Balaban J connectivity index is 1.54. The molecule has 4 atom stereocenters. The van der Waals surface area contributed by atoms with Gasteiger partial charge in [-0.3, -0.25) is 18.2 Å². The minimum absolute atomic E-state index is 0.231. The first-order valence-corrected chi connectivity index (χ1v) is 27.5. The Morgan fingerprint density at radius 1 is 0.486 bits per heavy atom. The van der Waals surface area contributed by atoms with Gasteiger partial charge in [0, 0.05) is 87.5 Å². The van der Waals surface area contributed by atoms with E-state index in [1.165, 1.54) is 66.8 Å². The number of hydrogen-bond donors (Lipinski definition) is 5. The molecule has 5 heterocycles. The summed E-state index contributed by atoms with van der Waals surface area (Å²) in [6.07, 6.45) is 21.6. The molecule has 3 aromatic heterocycles. The predicted octanol–water partition coefficient (Wildman–Crippen LogP) is 6.88. The molecule has 9 rings (SSSR count). The van der Waals surface area contributed by atoms with Gasteiger partial charge in [0.25, 0.3) is 40.5 Å². The maximum Gasteiger partial charge on any atom is 0.299 e. The SMILES string of the molecule is COC1(S(=O)(=O)O)C=CC(c2c(C3=CCC(OC)(S(=O)(=O)O)C=C3)c3c(C4=CCC(OC)(S(=O)(=O)O)C=C4)c4nc(cc5ccc(cc6nc(cc2n3C2=CCC(OC)(S(=O)(=O)O)C=C2)C=C6)[nH]5)C=C4)=CC1. The van der Waals surface area contributed by atoms with Crippen LogP contribution in [0.3, 0.4) is 0 Å². The smallest absolute Gasteiger partial charge is 0.299 e. The summed E-state index contributed by atoms with van der Waals surface area (Å²) in [5.41, 5.74) is 5.58. The van der Waals surface area contributed by atoms with E-state index in [2.05, 4.69) is 4.98 Å². The summed E-state index contributed by atoms with van der Waals surface area (Å²) in [5.74, 6) is 0. The van der Waals surface area contributed by atoms with Crippen LogP contribution >= 0.6 is 0 Å². The number of fused-ring (bicyclic) bond motifs is 8. The molecule has 72 heavy (non-hydrogen) atoms. The summed E-state index contributed by atoms with van der Waals surface area (Å²) >= 11 is 0. The molecule has 2 aliphatic heterocycles. The van der Waals surface area contributed by atoms with Crippen molar-refractivity contribution in [2.45, 2.75) is 45.4 Å². The number of nitrogens with one attached hydrogen (secondary N) is 1. The molecule has 0 amide bonds. The molecular formula is C48H46N4O16S4. The lowest BCUT2D eigenvalue weighted by atomic mass is 9.87. The first kappa shape index (κ1) is 50.9. The summed E-state index contributed by atoms with van der Waals surface area (Å²) in [6.45, 7) is 0. The molecule has 6 aliphatic rings. The van der Waals surface area contributed by atoms with Crippen LogP contribution in [0, 0.1) is 0 Å². The van der Waals surface area contributed by atoms with Gasteiger partial charge < -0.3 is 28.5 Å². The van der Waals surface area contributed by atoms with E-state index in [0.717, 1.165) is 34.5 Å². The highest BCUT2D eigenvalue weighted by Crippen LogP contribution is 2.48. The van der Waals surface area contributed by atoms with E-state index < -0.39 is 85.9 Å². The molecule has 0 spiro atoms. The molecular weight excluding hydrogens is 1020 g/mol. The zero-order valence-corrected chi connectivity index (χ0v) is 41.9. The number of hydrogen-bond acceptors (Lipinski definition) is 14. The second kappa shape index (κ2) is 17.9. The van der Waals surface area contributed by atoms with Crippen molar-refractivity contribution in [3.8, 4) is 0 Å². The first-order chi connectivity index (χ1) is 33.9. The monoisotopic (exact) mass is 1060 g/mol. The highest BCUT2D eigenvalue weighted by molar-refractivity contribution is 7.88. The molecule has 20 nitrogen and oxygen atoms in total. The summed E-state index contributed by atoms with van der Waals surface area (Å²) in [5, 5.41) is 0. The van der Waals surface area contributed by atoms with E-state index in [-0.39, 0.29) is 33.6 Å². The molecule has 8 bridgehead atoms. The quantitative estimate of drug-likeness (QED) is 0.0795. The Morgan fingerprint density at radius 3 is 1.28 bits per heavy atom. The van der Waals surface area contributed by atoms with Crippen LogP contribution < -0.4 is 0 Å². The van der Waals surface area contributed by atoms with Crippen LogP contribution in [0.1, 0.15) is 65.1 Å². The second-order valence-electron chi connectivity index (χ2n) is 17.3. The van der Waals surface area contributed by atoms with Gasteiger partial charge in [0.15, 0.2) is 0 Å². The lowest BCUT2D eigenvalue weighted by Crippen LogP contribution is -2.39. The molecule has 4 unspecified atom stereocenters. The molecule has 0 saturated heterocycles. The van der Waals surface area contributed by atoms with Gasteiger partial charge in [-0.05, 0) is 102 Å². The normalized spacial score (nSPS) is 25.3. The van der Waals surface area contributed by atoms with Crippen molar-refractivity contribution in [1.82, 2.24) is 19.5 Å². The highest BCUT2D eigenvalue weighted by Gasteiger charge is 2.46. The number of rotatable bonds is 12. The Morgan fingerprint density at radius 2 is 0.875 bits per heavy atom. The van der Waals surface area contributed by atoms with E-state index in [4.69, 9.17) is 28.9 Å². The highest BCUT2D eigenvalue weighted by atomic mass is 32.2. The fourth-order valence-electron chi connectivity index (χ4n) is 9.35. The standard InChI is InChI=1S/C48H46N4O16S4/c1-65-45(69(53,54)55)19-11-30(12-20-45)41-39-10-9-36(51-39)28-35-6-5-33(49-35)27-34-7-8-37(50-34)29-40-42(31-13-21-46(66-2,22-14-31)70(56,57)58)43(32-15-23-47(67-3,24-16-32)71(59,60)61)44(41)52(40)38-17-25-48(68-4,26-18-38)72(62,63)64/h5-19,21,23,25,27-29,49H,20,22,24,26H2,1-4H3,(H,53,54,55)(H,56,57,58)(H,59,60,61)(H,62,63,64). The molecule has 3 aromatic rings. The van der Waals surface area contributed by atoms with E-state index in [1.54, 1.807) is 41.0 Å². The van der Waals surface area contributed by atoms with Gasteiger partial charge in [0.1, 0.15) is 0 Å². The van der Waals surface area contributed by atoms with Gasteiger partial charge in [0.05, 0.1) is 33.8 Å². The minimum Gasteiger partial charge on any atom is -0.357 e. The number of aromatic amines is 1. The Kier molecular flexibility index (Phi) is 12.7. The number of methoxy groups -OCH3 is 4. The van der Waals surface area contributed by atoms with Crippen molar-refractivity contribution in [2.75, 3.05) is 28.4 Å². The zero-order chi connectivity index (χ0) is 51.9. The van der Waals surface area contributed by atoms with Crippen LogP contribution in [0.25, 0.3) is 68.8 Å². The van der Waals surface area contributed by atoms with Crippen molar-refractivity contribution in [3.63, 3.8) is 0 Å². The Labute approximate surface area is 414 Å². The summed E-state index contributed by atoms with van der Waals surface area (Å²) < 4.78 is 169. The second-order valence-corrected chi connectivity index (χ2v) is 23.8. The lowest BCUT2D eigenvalue weighted by molar-refractivity contribution is 0.0945. The predicted molar refractivity (Wildman–Crippen MR) is 271 cm³/mol. The molecule has 0 fully saturated rings. The van der Waals surface area contributed by atoms with E-state index >= 15 is 0 Å². The van der Waals surface area contributed by atoms with Crippen molar-refractivity contribution in [1.29, 1.82) is 0 Å². The van der Waals surface area contributed by atoms with Crippen molar-refractivity contribution < 1.29 is 70.8 Å². The van der Waals surface area contributed by atoms with E-state index in [9.17, 15) is 51.9 Å². The average Bonchev–Trinajstić information content (AvgIpc) is 4.16. The molecule has 24 heteroatoms. The van der Waals surface area contributed by atoms with Gasteiger partial charge in [-0.25, -0.2) is 9.97 Å². The van der Waals surface area contributed by atoms with Crippen molar-refractivity contribution in [2.24, 2.45) is 0 Å². The van der Waals surface area contributed by atoms with E-state index in [0.29, 0.717) is 50.4 Å². The number of nitrogens with zero attached hydrogens (tertiary/aromatic N) is 3. The van der Waals surface area contributed by atoms with Gasteiger partial charge in [0.2, 0.25) is 19.7 Å². The molecule has 4 aliphatic carbocycles. The van der Waals surface area contributed by atoms with Gasteiger partial charge in [-0.1, -0.05) is 42.5 Å². The number of H-pyrrole nitrogens is 1. The van der Waals surface area contributed by atoms with Crippen LogP contribution in [0.15, 0.2) is 103 Å². The van der Waals surface area contributed by atoms with Crippen LogP contribution in [-0.4, -0.2) is 120 Å². The van der Waals surface area contributed by atoms with Crippen LogP contribution in [0.5, 0.6) is 0 Å². The summed E-state index contributed by atoms with van der Waals surface area (Å²) in [6, 6.07) is 9.01. The maximum atomic E-state index is 13.0. The first-order valence-electron chi connectivity index (χ1n) is 21.7. The average molecular weight is 1060 g/mol. The van der Waals surface area contributed by atoms with Gasteiger partial charge in [-0.2, -0.15) is 33.7 Å². The molecule has 0 aromatic carbocycles. The minimum atomic E-state index is -4.93. The van der Waals surface area contributed by atoms with Gasteiger partial charge >= 0.3 is 0 Å². The number of aromatic nitrogens is 4. The molecule has 378 valence electrons. The van der Waals surface area contributed by atoms with Crippen LogP contribution in [-0.2, 0) is 59.4 Å². The largest absolute Gasteiger partial charge is 0.357 e. The summed E-state index contributed by atoms with van der Waals surface area (Å²) in [4.78, 5) is 4.41. The third kappa shape index (κ3) is 8.49. The molecule has 5 N–H and O–H groups in total. The Bertz CT molecular complexity index is 3840. The van der Waals surface area contributed by atoms with Crippen molar-refractivity contribution >= 4 is 109 Å². The van der Waals surface area contributed by atoms with Crippen molar-refractivity contribution in [3.05, 3.63) is 143 Å². The molecule has 0 radical (unpaired) electrons. The third-order valence-electron chi connectivity index (χ3n) is 13.4. The lowest BCUT2D eigenvalue weighted by Gasteiger charge is -2.29. The third-order valence-corrected chi connectivity index (χ3v) is 18.8. The summed E-state index contributed by atoms with van der Waals surface area (Å²) in [7, 11) is -15.2. The van der Waals surface area contributed by atoms with Gasteiger partial charge in [-0.15, -0.1) is 0 Å². The molecule has 0 saturated carbocycles. The number of ether oxygens (including phenoxy) is 4. The Hall–Kier alpha value is -6.00. The van der Waals surface area contributed by atoms with Crippen LogP contribution in [0.2, 0.25) is 0 Å². The zero-order valence-electron chi connectivity index (χ0n) is 38.6. The fraction of sp³-hybridized carbons (Fsp3) is 0.250. The topological polar surface area (TPSA) is 301 Å².